The highest BCUT2D eigenvalue weighted by Crippen LogP contribution is 2.08. The molecule has 0 bridgehead atoms. The van der Waals surface area contributed by atoms with Crippen molar-refractivity contribution in [3.05, 3.63) is 29.8 Å². The van der Waals surface area contributed by atoms with E-state index in [0.29, 0.717) is 0 Å². The summed E-state index contributed by atoms with van der Waals surface area (Å²) in [6.45, 7) is 3.52. The van der Waals surface area contributed by atoms with E-state index >= 15 is 0 Å². The largest absolute Gasteiger partial charge is 0.302 e. The predicted octanol–water partition coefficient (Wildman–Crippen LogP) is 0.589. The van der Waals surface area contributed by atoms with Gasteiger partial charge in [-0.1, -0.05) is 24.6 Å². The Kier molecular flexibility index (Phi) is 5.40. The maximum absolute atomic E-state index is 11.9. The smallest absolute Gasteiger partial charge is 0.257 e. The van der Waals surface area contributed by atoms with Crippen molar-refractivity contribution in [2.45, 2.75) is 25.2 Å². The zero-order chi connectivity index (χ0) is 14.5. The van der Waals surface area contributed by atoms with Crippen molar-refractivity contribution >= 4 is 33.3 Å². The second-order valence-corrected chi connectivity index (χ2v) is 5.87. The van der Waals surface area contributed by atoms with E-state index < -0.39 is 10.0 Å². The number of amides is 1. The number of rotatable bonds is 4. The summed E-state index contributed by atoms with van der Waals surface area (Å²) in [6, 6.07) is 6.33. The lowest BCUT2D eigenvalue weighted by molar-refractivity contribution is -0.119. The van der Waals surface area contributed by atoms with Gasteiger partial charge in [0.15, 0.2) is 5.11 Å². The molecule has 0 saturated heterocycles. The first-order chi connectivity index (χ1) is 8.85. The predicted molar refractivity (Wildman–Crippen MR) is 75.7 cm³/mol. The molecule has 0 radical (unpaired) electrons. The molecule has 0 unspecified atom stereocenters. The second kappa shape index (κ2) is 6.60. The third-order valence-electron chi connectivity index (χ3n) is 2.20. The molecule has 1 aromatic rings. The van der Waals surface area contributed by atoms with E-state index in [-0.39, 0.29) is 22.3 Å². The summed E-state index contributed by atoms with van der Waals surface area (Å²) in [5, 5.41) is 2.22. The number of carbonyl (C=O) groups excluding carboxylic acids is 1. The van der Waals surface area contributed by atoms with E-state index in [0.717, 1.165) is 5.56 Å². The van der Waals surface area contributed by atoms with Gasteiger partial charge < -0.3 is 5.32 Å². The van der Waals surface area contributed by atoms with Gasteiger partial charge in [0.2, 0.25) is 5.91 Å². The first-order valence-electron chi connectivity index (χ1n) is 5.53. The van der Waals surface area contributed by atoms with E-state index in [4.69, 9.17) is 12.2 Å². The van der Waals surface area contributed by atoms with E-state index in [9.17, 15) is 13.2 Å². The van der Waals surface area contributed by atoms with Crippen molar-refractivity contribution in [3.8, 4) is 0 Å². The van der Waals surface area contributed by atoms with Crippen LogP contribution in [0.5, 0.6) is 0 Å². The molecule has 0 fully saturated rings. The number of hydrogen-bond donors (Lipinski definition) is 3. The highest BCUT2D eigenvalue weighted by Gasteiger charge is 2.13. The van der Waals surface area contributed by atoms with Gasteiger partial charge in [0.1, 0.15) is 0 Å². The minimum absolute atomic E-state index is 0.0949. The van der Waals surface area contributed by atoms with Gasteiger partial charge >= 0.3 is 0 Å². The van der Waals surface area contributed by atoms with Crippen molar-refractivity contribution in [1.82, 2.24) is 15.6 Å². The summed E-state index contributed by atoms with van der Waals surface area (Å²) in [6.07, 6.45) is 0.256. The number of thiocarbonyl (C=S) groups is 1. The molecule has 0 heterocycles. The summed E-state index contributed by atoms with van der Waals surface area (Å²) in [7, 11) is -3.71. The molecule has 0 spiro atoms. The molecule has 3 N–H and O–H groups in total. The van der Waals surface area contributed by atoms with Crippen LogP contribution >= 0.6 is 12.2 Å². The van der Waals surface area contributed by atoms with E-state index in [2.05, 4.69) is 15.6 Å². The fourth-order valence-electron chi connectivity index (χ4n) is 1.14. The molecule has 1 aromatic carbocycles. The molecule has 19 heavy (non-hydrogen) atoms. The highest BCUT2D eigenvalue weighted by molar-refractivity contribution is 7.89. The molecule has 0 aliphatic carbocycles. The minimum Gasteiger partial charge on any atom is -0.302 e. The molecule has 0 aliphatic rings. The monoisotopic (exact) mass is 301 g/mol. The lowest BCUT2D eigenvalue weighted by atomic mass is 10.2. The van der Waals surface area contributed by atoms with Crippen LogP contribution in [0.1, 0.15) is 18.9 Å². The fourth-order valence-corrected chi connectivity index (χ4v) is 2.21. The maximum atomic E-state index is 11.9. The maximum Gasteiger partial charge on any atom is 0.257 e. The average Bonchev–Trinajstić information content (AvgIpc) is 2.37. The van der Waals surface area contributed by atoms with Crippen LogP contribution < -0.4 is 15.6 Å². The highest BCUT2D eigenvalue weighted by atomic mass is 32.2. The molecule has 0 aromatic heterocycles. The zero-order valence-corrected chi connectivity index (χ0v) is 12.2. The van der Waals surface area contributed by atoms with Gasteiger partial charge in [-0.05, 0) is 31.3 Å². The van der Waals surface area contributed by atoms with Crippen molar-refractivity contribution in [3.63, 3.8) is 0 Å². The van der Waals surface area contributed by atoms with Crippen molar-refractivity contribution in [2.75, 3.05) is 0 Å². The second-order valence-electron chi connectivity index (χ2n) is 3.77. The number of aryl methyl sites for hydroxylation is 1. The van der Waals surface area contributed by atoms with Crippen molar-refractivity contribution in [2.24, 2.45) is 0 Å². The van der Waals surface area contributed by atoms with E-state index in [1.54, 1.807) is 19.1 Å². The number of nitrogens with one attached hydrogen (secondary N) is 3. The van der Waals surface area contributed by atoms with Gasteiger partial charge in [0, 0.05) is 6.42 Å². The zero-order valence-electron chi connectivity index (χ0n) is 10.6. The Hall–Kier alpha value is -1.51. The number of hydrazine groups is 1. The molecule has 1 rings (SSSR count). The van der Waals surface area contributed by atoms with Gasteiger partial charge in [-0.2, -0.15) is 0 Å². The number of hydrogen-bond acceptors (Lipinski definition) is 4. The lowest BCUT2D eigenvalue weighted by Gasteiger charge is -2.10. The summed E-state index contributed by atoms with van der Waals surface area (Å²) in [5.74, 6) is -0.299. The normalized spacial score (nSPS) is 10.8. The van der Waals surface area contributed by atoms with E-state index in [1.807, 2.05) is 6.92 Å². The topological polar surface area (TPSA) is 87.3 Å². The van der Waals surface area contributed by atoms with Crippen LogP contribution in [0.4, 0.5) is 0 Å². The standard InChI is InChI=1S/C11H15N3O3S2/c1-3-10(15)12-11(18)13-14-19(16,17)9-6-4-8(2)5-7-9/h4-7,14H,3H2,1-2H3,(H2,12,13,15,18). The Morgan fingerprint density at radius 2 is 1.84 bits per heavy atom. The van der Waals surface area contributed by atoms with Gasteiger partial charge in [-0.3, -0.25) is 10.2 Å². The minimum atomic E-state index is -3.71. The first-order valence-corrected chi connectivity index (χ1v) is 7.42. The molecule has 8 heteroatoms. The van der Waals surface area contributed by atoms with E-state index in [1.165, 1.54) is 12.1 Å². The van der Waals surface area contributed by atoms with Gasteiger partial charge in [-0.15, -0.1) is 4.83 Å². The molecule has 1 amide bonds. The van der Waals surface area contributed by atoms with Crippen LogP contribution in [0.2, 0.25) is 0 Å². The van der Waals surface area contributed by atoms with Crippen LogP contribution in [-0.4, -0.2) is 19.4 Å². The lowest BCUT2D eigenvalue weighted by Crippen LogP contribution is -2.48. The van der Waals surface area contributed by atoms with Gasteiger partial charge in [0.25, 0.3) is 10.0 Å². The molecule has 104 valence electrons. The Bertz CT molecular complexity index is 567. The Labute approximate surface area is 117 Å². The fraction of sp³-hybridized carbons (Fsp3) is 0.273. The molecule has 0 saturated carbocycles. The molecule has 0 aliphatic heterocycles. The third-order valence-corrected chi connectivity index (χ3v) is 3.67. The SMILES string of the molecule is CCC(=O)NC(=S)NNS(=O)(=O)c1ccc(C)cc1. The Morgan fingerprint density at radius 1 is 1.26 bits per heavy atom. The molecule has 6 nitrogen and oxygen atoms in total. The third kappa shape index (κ3) is 4.93. The summed E-state index contributed by atoms with van der Waals surface area (Å²) in [5.41, 5.74) is 3.22. The number of sulfonamides is 1. The summed E-state index contributed by atoms with van der Waals surface area (Å²) in [4.78, 5) is 13.2. The summed E-state index contributed by atoms with van der Waals surface area (Å²) < 4.78 is 23.7. The Morgan fingerprint density at radius 3 is 2.37 bits per heavy atom. The molecular formula is C11H15N3O3S2. The number of carbonyl (C=O) groups is 1. The molecule has 0 atom stereocenters. The quantitative estimate of drug-likeness (QED) is 0.559. The van der Waals surface area contributed by atoms with Crippen LogP contribution in [0, 0.1) is 6.92 Å². The average molecular weight is 301 g/mol. The summed E-state index contributed by atoms with van der Waals surface area (Å²) >= 11 is 4.77. The van der Waals surface area contributed by atoms with Crippen LogP contribution in [-0.2, 0) is 14.8 Å². The van der Waals surface area contributed by atoms with Crippen LogP contribution in [0.15, 0.2) is 29.2 Å². The first kappa shape index (κ1) is 15.5. The van der Waals surface area contributed by atoms with Crippen LogP contribution in [0.3, 0.4) is 0 Å². The van der Waals surface area contributed by atoms with Gasteiger partial charge in [-0.25, -0.2) is 8.42 Å². The number of benzene rings is 1. The Balaban J connectivity index is 2.63. The van der Waals surface area contributed by atoms with Crippen molar-refractivity contribution in [1.29, 1.82) is 0 Å². The van der Waals surface area contributed by atoms with Gasteiger partial charge in [0.05, 0.1) is 4.90 Å². The van der Waals surface area contributed by atoms with Crippen molar-refractivity contribution < 1.29 is 13.2 Å². The van der Waals surface area contributed by atoms with Crippen LogP contribution in [0.25, 0.3) is 0 Å². The molecular weight excluding hydrogens is 286 g/mol.